The van der Waals surface area contributed by atoms with Crippen LogP contribution in [-0.4, -0.2) is 0 Å². The first-order valence-electron chi connectivity index (χ1n) is 4.26. The van der Waals surface area contributed by atoms with Gasteiger partial charge in [0.1, 0.15) is 0 Å². The molecule has 0 radical (unpaired) electrons. The van der Waals surface area contributed by atoms with Crippen molar-refractivity contribution in [2.24, 2.45) is 11.8 Å². The van der Waals surface area contributed by atoms with E-state index in [-0.39, 0.29) is 0 Å². The molecule has 0 aromatic carbocycles. The second kappa shape index (κ2) is 3.61. The quantitative estimate of drug-likeness (QED) is 0.545. The van der Waals surface area contributed by atoms with Crippen molar-refractivity contribution in [3.8, 4) is 6.07 Å². The molecular formula is C9H15N. The van der Waals surface area contributed by atoms with Crippen molar-refractivity contribution >= 4 is 0 Å². The van der Waals surface area contributed by atoms with Crippen LogP contribution in [0.3, 0.4) is 0 Å². The fraction of sp³-hybridized carbons (Fsp3) is 0.889. The Balaban J connectivity index is 2.25. The molecule has 1 nitrogen and oxygen atoms in total. The third-order valence-electron chi connectivity index (χ3n) is 2.61. The van der Waals surface area contributed by atoms with Crippen molar-refractivity contribution in [2.75, 3.05) is 0 Å². The largest absolute Gasteiger partial charge is 0.198 e. The highest BCUT2D eigenvalue weighted by atomic mass is 14.3. The maximum atomic E-state index is 8.60. The van der Waals surface area contributed by atoms with Crippen LogP contribution < -0.4 is 0 Å². The Bertz CT molecular complexity index is 126. The summed E-state index contributed by atoms with van der Waals surface area (Å²) in [7, 11) is 0. The van der Waals surface area contributed by atoms with E-state index in [0.29, 0.717) is 5.92 Å². The van der Waals surface area contributed by atoms with Crippen molar-refractivity contribution in [2.45, 2.75) is 39.0 Å². The number of rotatable bonds is 1. The van der Waals surface area contributed by atoms with Gasteiger partial charge in [0.05, 0.1) is 6.07 Å². The molecule has 1 aliphatic rings. The van der Waals surface area contributed by atoms with Crippen LogP contribution in [0.1, 0.15) is 39.0 Å². The van der Waals surface area contributed by atoms with E-state index < -0.39 is 0 Å². The van der Waals surface area contributed by atoms with E-state index in [1.54, 1.807) is 0 Å². The number of hydrogen-bond acceptors (Lipinski definition) is 1. The van der Waals surface area contributed by atoms with Gasteiger partial charge in [-0.05, 0) is 31.6 Å². The fourth-order valence-electron chi connectivity index (χ4n) is 1.70. The first-order valence-corrected chi connectivity index (χ1v) is 4.26. The van der Waals surface area contributed by atoms with Crippen LogP contribution in [0.2, 0.25) is 0 Å². The molecule has 1 fully saturated rings. The standard InChI is InChI=1S/C9H15N/c1-2-8-3-5-9(7-10)6-4-8/h8-9H,2-6H2,1H3. The molecule has 0 aromatic rings. The summed E-state index contributed by atoms with van der Waals surface area (Å²) >= 11 is 0. The summed E-state index contributed by atoms with van der Waals surface area (Å²) in [5.41, 5.74) is 0. The number of nitriles is 1. The van der Waals surface area contributed by atoms with E-state index in [2.05, 4.69) is 13.0 Å². The average molecular weight is 137 g/mol. The van der Waals surface area contributed by atoms with Crippen molar-refractivity contribution < 1.29 is 0 Å². The summed E-state index contributed by atoms with van der Waals surface area (Å²) in [6, 6.07) is 2.35. The molecule has 0 N–H and O–H groups in total. The Morgan fingerprint density at radius 2 is 1.90 bits per heavy atom. The molecule has 10 heavy (non-hydrogen) atoms. The lowest BCUT2D eigenvalue weighted by Gasteiger charge is -2.22. The lowest BCUT2D eigenvalue weighted by Crippen LogP contribution is -2.12. The summed E-state index contributed by atoms with van der Waals surface area (Å²) < 4.78 is 0. The molecule has 1 heteroatoms. The predicted molar refractivity (Wildman–Crippen MR) is 41.4 cm³/mol. The first kappa shape index (κ1) is 7.60. The van der Waals surface area contributed by atoms with Crippen LogP contribution in [0.15, 0.2) is 0 Å². The molecule has 0 heterocycles. The molecule has 56 valence electrons. The van der Waals surface area contributed by atoms with Gasteiger partial charge in [-0.2, -0.15) is 5.26 Å². The smallest absolute Gasteiger partial charge is 0.0655 e. The molecule has 1 aliphatic carbocycles. The zero-order valence-electron chi connectivity index (χ0n) is 6.64. The topological polar surface area (TPSA) is 23.8 Å². The zero-order valence-corrected chi connectivity index (χ0v) is 6.64. The summed E-state index contributed by atoms with van der Waals surface area (Å²) in [6.07, 6.45) is 6.17. The molecule has 0 bridgehead atoms. The maximum absolute atomic E-state index is 8.60. The van der Waals surface area contributed by atoms with Crippen molar-refractivity contribution in [3.63, 3.8) is 0 Å². The lowest BCUT2D eigenvalue weighted by molar-refractivity contribution is 0.308. The van der Waals surface area contributed by atoms with Gasteiger partial charge in [-0.1, -0.05) is 13.3 Å². The third-order valence-corrected chi connectivity index (χ3v) is 2.61. The normalized spacial score (nSPS) is 33.2. The Labute approximate surface area is 63.0 Å². The van der Waals surface area contributed by atoms with Gasteiger partial charge in [0.15, 0.2) is 0 Å². The van der Waals surface area contributed by atoms with E-state index >= 15 is 0 Å². The van der Waals surface area contributed by atoms with Gasteiger partial charge in [0, 0.05) is 5.92 Å². The Morgan fingerprint density at radius 1 is 1.30 bits per heavy atom. The summed E-state index contributed by atoms with van der Waals surface area (Å²) in [5.74, 6) is 1.30. The molecule has 0 spiro atoms. The molecule has 0 unspecified atom stereocenters. The second-order valence-corrected chi connectivity index (χ2v) is 3.25. The van der Waals surface area contributed by atoms with E-state index in [1.165, 1.54) is 19.3 Å². The third kappa shape index (κ3) is 1.73. The fourth-order valence-corrected chi connectivity index (χ4v) is 1.70. The van der Waals surface area contributed by atoms with E-state index in [4.69, 9.17) is 5.26 Å². The molecule has 0 aliphatic heterocycles. The minimum Gasteiger partial charge on any atom is -0.198 e. The van der Waals surface area contributed by atoms with Gasteiger partial charge in [-0.15, -0.1) is 0 Å². The number of nitrogens with zero attached hydrogens (tertiary/aromatic N) is 1. The Kier molecular flexibility index (Phi) is 2.74. The highest BCUT2D eigenvalue weighted by molar-refractivity contribution is 4.86. The van der Waals surface area contributed by atoms with Crippen LogP contribution in [0.5, 0.6) is 0 Å². The highest BCUT2D eigenvalue weighted by Crippen LogP contribution is 2.29. The highest BCUT2D eigenvalue weighted by Gasteiger charge is 2.18. The van der Waals surface area contributed by atoms with Gasteiger partial charge in [-0.3, -0.25) is 0 Å². The molecule has 0 amide bonds. The van der Waals surface area contributed by atoms with Gasteiger partial charge in [0.25, 0.3) is 0 Å². The Morgan fingerprint density at radius 3 is 2.30 bits per heavy atom. The van der Waals surface area contributed by atoms with Gasteiger partial charge >= 0.3 is 0 Å². The SMILES string of the molecule is CCC1CCC(C#N)CC1. The van der Waals surface area contributed by atoms with Crippen molar-refractivity contribution in [3.05, 3.63) is 0 Å². The molecule has 1 rings (SSSR count). The molecule has 0 atom stereocenters. The average Bonchev–Trinajstić information content (AvgIpc) is 2.05. The van der Waals surface area contributed by atoms with Gasteiger partial charge in [-0.25, -0.2) is 0 Å². The minimum atomic E-state index is 0.378. The maximum Gasteiger partial charge on any atom is 0.0655 e. The van der Waals surface area contributed by atoms with Gasteiger partial charge in [0.2, 0.25) is 0 Å². The lowest BCUT2D eigenvalue weighted by atomic mass is 9.82. The van der Waals surface area contributed by atoms with Crippen LogP contribution in [0, 0.1) is 23.2 Å². The zero-order chi connectivity index (χ0) is 7.40. The number of hydrogen-bond donors (Lipinski definition) is 0. The molecular weight excluding hydrogens is 122 g/mol. The summed E-state index contributed by atoms with van der Waals surface area (Å²) in [6.45, 7) is 2.25. The van der Waals surface area contributed by atoms with Gasteiger partial charge < -0.3 is 0 Å². The summed E-state index contributed by atoms with van der Waals surface area (Å²) in [5, 5.41) is 8.60. The second-order valence-electron chi connectivity index (χ2n) is 3.25. The monoisotopic (exact) mass is 137 g/mol. The van der Waals surface area contributed by atoms with E-state index in [9.17, 15) is 0 Å². The van der Waals surface area contributed by atoms with Crippen LogP contribution >= 0.6 is 0 Å². The predicted octanol–water partition coefficient (Wildman–Crippen LogP) is 2.73. The summed E-state index contributed by atoms with van der Waals surface area (Å²) in [4.78, 5) is 0. The van der Waals surface area contributed by atoms with Crippen molar-refractivity contribution in [1.29, 1.82) is 5.26 Å². The Hall–Kier alpha value is -0.510. The van der Waals surface area contributed by atoms with Crippen LogP contribution in [0.25, 0.3) is 0 Å². The molecule has 0 saturated heterocycles. The molecule has 1 saturated carbocycles. The van der Waals surface area contributed by atoms with Crippen molar-refractivity contribution in [1.82, 2.24) is 0 Å². The minimum absolute atomic E-state index is 0.378. The van der Waals surface area contributed by atoms with Crippen LogP contribution in [-0.2, 0) is 0 Å². The molecule has 0 aromatic heterocycles. The first-order chi connectivity index (χ1) is 4.86. The van der Waals surface area contributed by atoms with Crippen LogP contribution in [0.4, 0.5) is 0 Å². The van der Waals surface area contributed by atoms with E-state index in [1.807, 2.05) is 0 Å². The van der Waals surface area contributed by atoms with E-state index in [0.717, 1.165) is 18.8 Å².